The number of imide groups is 2. The lowest BCUT2D eigenvalue weighted by Gasteiger charge is -2.15. The molecule has 2 aliphatic rings. The van der Waals surface area contributed by atoms with Gasteiger partial charge in [-0.25, -0.2) is 9.80 Å². The van der Waals surface area contributed by atoms with Crippen molar-refractivity contribution in [1.82, 2.24) is 15.2 Å². The van der Waals surface area contributed by atoms with Gasteiger partial charge in [0.15, 0.2) is 5.82 Å². The van der Waals surface area contributed by atoms with Crippen LogP contribution in [0.15, 0.2) is 30.5 Å². The van der Waals surface area contributed by atoms with Crippen molar-refractivity contribution in [1.29, 1.82) is 0 Å². The first kappa shape index (κ1) is 11.8. The lowest BCUT2D eigenvalue weighted by molar-refractivity contribution is -0.121. The Hall–Kier alpha value is -3.23. The van der Waals surface area contributed by atoms with Crippen LogP contribution in [0, 0.1) is 0 Å². The molecule has 0 spiro atoms. The molecule has 9 heteroatoms. The minimum Gasteiger partial charge on any atom is -0.269 e. The lowest BCUT2D eigenvalue weighted by Crippen LogP contribution is -2.34. The monoisotopic (exact) mass is 271 g/mol. The summed E-state index contributed by atoms with van der Waals surface area (Å²) >= 11 is 0. The van der Waals surface area contributed by atoms with Gasteiger partial charge in [-0.3, -0.25) is 19.2 Å². The molecule has 0 atom stereocenters. The van der Waals surface area contributed by atoms with Crippen LogP contribution in [0.2, 0.25) is 0 Å². The van der Waals surface area contributed by atoms with Crippen molar-refractivity contribution in [3.05, 3.63) is 30.5 Å². The van der Waals surface area contributed by atoms with E-state index in [-0.39, 0.29) is 11.8 Å². The van der Waals surface area contributed by atoms with Crippen LogP contribution in [0.1, 0.15) is 0 Å². The minimum atomic E-state index is -0.619. The van der Waals surface area contributed by atoms with Gasteiger partial charge in [0.2, 0.25) is 0 Å². The van der Waals surface area contributed by atoms with Crippen LogP contribution in [0.4, 0.5) is 11.8 Å². The van der Waals surface area contributed by atoms with E-state index in [1.807, 2.05) is 0 Å². The number of hydrogen-bond donors (Lipinski definition) is 0. The third-order valence-corrected chi connectivity index (χ3v) is 2.58. The predicted molar refractivity (Wildman–Crippen MR) is 63.1 cm³/mol. The van der Waals surface area contributed by atoms with Crippen LogP contribution in [0.5, 0.6) is 0 Å². The Morgan fingerprint density at radius 1 is 0.750 bits per heavy atom. The maximum atomic E-state index is 11.5. The molecule has 4 amide bonds. The first-order valence-corrected chi connectivity index (χ1v) is 5.40. The number of carbonyl (C=O) groups excluding carboxylic acids is 4. The van der Waals surface area contributed by atoms with E-state index in [4.69, 9.17) is 0 Å². The van der Waals surface area contributed by atoms with Crippen molar-refractivity contribution in [2.45, 2.75) is 0 Å². The standard InChI is InChI=1S/C11H5N5O4/c17-7-1-2-8(18)15(7)6-5-12-14-11(13-6)16-9(19)3-4-10(16)20/h1-5H. The second-order valence-corrected chi connectivity index (χ2v) is 3.81. The highest BCUT2D eigenvalue weighted by Gasteiger charge is 2.31. The van der Waals surface area contributed by atoms with Crippen molar-refractivity contribution in [2.24, 2.45) is 0 Å². The van der Waals surface area contributed by atoms with E-state index in [1.54, 1.807) is 0 Å². The van der Waals surface area contributed by atoms with Crippen molar-refractivity contribution < 1.29 is 19.2 Å². The summed E-state index contributed by atoms with van der Waals surface area (Å²) in [6.45, 7) is 0. The molecule has 0 fully saturated rings. The van der Waals surface area contributed by atoms with Crippen molar-refractivity contribution in [3.63, 3.8) is 0 Å². The highest BCUT2D eigenvalue weighted by Crippen LogP contribution is 2.19. The zero-order valence-corrected chi connectivity index (χ0v) is 9.76. The van der Waals surface area contributed by atoms with E-state index in [0.29, 0.717) is 4.90 Å². The van der Waals surface area contributed by atoms with E-state index in [0.717, 1.165) is 35.4 Å². The highest BCUT2D eigenvalue weighted by molar-refractivity contribution is 6.28. The predicted octanol–water partition coefficient (Wildman–Crippen LogP) is -1.27. The first-order valence-electron chi connectivity index (χ1n) is 5.40. The van der Waals surface area contributed by atoms with E-state index in [1.165, 1.54) is 0 Å². The number of hydrogen-bond acceptors (Lipinski definition) is 7. The summed E-state index contributed by atoms with van der Waals surface area (Å²) in [4.78, 5) is 51.3. The topological polar surface area (TPSA) is 113 Å². The van der Waals surface area contributed by atoms with Gasteiger partial charge >= 0.3 is 0 Å². The second kappa shape index (κ2) is 4.16. The molecule has 0 aliphatic carbocycles. The Bertz CT molecular complexity index is 630. The van der Waals surface area contributed by atoms with Gasteiger partial charge in [0.25, 0.3) is 29.6 Å². The molecule has 9 nitrogen and oxygen atoms in total. The number of nitrogens with zero attached hydrogens (tertiary/aromatic N) is 5. The first-order chi connectivity index (χ1) is 9.58. The van der Waals surface area contributed by atoms with Crippen LogP contribution in [0.3, 0.4) is 0 Å². The molecular weight excluding hydrogens is 266 g/mol. The quantitative estimate of drug-likeness (QED) is 0.616. The van der Waals surface area contributed by atoms with Crippen LogP contribution >= 0.6 is 0 Å². The maximum Gasteiger partial charge on any atom is 0.261 e. The summed E-state index contributed by atoms with van der Waals surface area (Å²) < 4.78 is 0. The zero-order valence-electron chi connectivity index (χ0n) is 9.76. The SMILES string of the molecule is O=C1C=CC(=O)N1c1cnnc(N2C(=O)C=CC2=O)n1. The number of carbonyl (C=O) groups is 4. The fourth-order valence-electron chi connectivity index (χ4n) is 1.71. The molecule has 20 heavy (non-hydrogen) atoms. The number of aromatic nitrogens is 3. The Kier molecular flexibility index (Phi) is 2.46. The zero-order chi connectivity index (χ0) is 14.3. The van der Waals surface area contributed by atoms with Gasteiger partial charge < -0.3 is 0 Å². The van der Waals surface area contributed by atoms with E-state index < -0.39 is 23.6 Å². The Morgan fingerprint density at radius 2 is 1.25 bits per heavy atom. The summed E-state index contributed by atoms with van der Waals surface area (Å²) in [7, 11) is 0. The molecule has 0 radical (unpaired) electrons. The van der Waals surface area contributed by atoms with Gasteiger partial charge in [-0.15, -0.1) is 5.10 Å². The van der Waals surface area contributed by atoms with Crippen LogP contribution in [-0.4, -0.2) is 38.8 Å². The molecule has 3 heterocycles. The third-order valence-electron chi connectivity index (χ3n) is 2.58. The Balaban J connectivity index is 1.99. The Labute approximate surface area is 111 Å². The maximum absolute atomic E-state index is 11.5. The average molecular weight is 271 g/mol. The van der Waals surface area contributed by atoms with Gasteiger partial charge in [0, 0.05) is 24.3 Å². The normalized spacial score (nSPS) is 17.8. The molecule has 1 aromatic heterocycles. The fraction of sp³-hybridized carbons (Fsp3) is 0. The lowest BCUT2D eigenvalue weighted by atomic mass is 10.5. The van der Waals surface area contributed by atoms with Gasteiger partial charge in [-0.2, -0.15) is 10.1 Å². The molecule has 2 aliphatic heterocycles. The number of anilines is 2. The molecule has 3 rings (SSSR count). The van der Waals surface area contributed by atoms with Crippen molar-refractivity contribution >= 4 is 35.4 Å². The summed E-state index contributed by atoms with van der Waals surface area (Å²) in [5, 5.41) is 7.11. The molecule has 0 aromatic carbocycles. The van der Waals surface area contributed by atoms with E-state index in [9.17, 15) is 19.2 Å². The smallest absolute Gasteiger partial charge is 0.261 e. The third kappa shape index (κ3) is 1.68. The minimum absolute atomic E-state index is 0.109. The van der Waals surface area contributed by atoms with Gasteiger partial charge in [0.05, 0.1) is 6.20 Å². The van der Waals surface area contributed by atoms with Crippen LogP contribution in [0.25, 0.3) is 0 Å². The van der Waals surface area contributed by atoms with Crippen LogP contribution in [-0.2, 0) is 19.2 Å². The molecule has 0 unspecified atom stereocenters. The molecule has 0 saturated carbocycles. The van der Waals surface area contributed by atoms with Gasteiger partial charge in [-0.1, -0.05) is 0 Å². The van der Waals surface area contributed by atoms with Crippen LogP contribution < -0.4 is 9.80 Å². The number of rotatable bonds is 2. The van der Waals surface area contributed by atoms with E-state index in [2.05, 4.69) is 15.2 Å². The fourth-order valence-corrected chi connectivity index (χ4v) is 1.71. The second-order valence-electron chi connectivity index (χ2n) is 3.81. The van der Waals surface area contributed by atoms with Crippen molar-refractivity contribution in [2.75, 3.05) is 9.80 Å². The molecule has 0 bridgehead atoms. The van der Waals surface area contributed by atoms with Crippen molar-refractivity contribution in [3.8, 4) is 0 Å². The summed E-state index contributed by atoms with van der Waals surface area (Å²) in [6, 6.07) is 0. The Morgan fingerprint density at radius 3 is 1.80 bits per heavy atom. The largest absolute Gasteiger partial charge is 0.269 e. The highest BCUT2D eigenvalue weighted by atomic mass is 16.2. The summed E-state index contributed by atoms with van der Waals surface area (Å²) in [5.41, 5.74) is 0. The molecule has 0 saturated heterocycles. The molecule has 0 N–H and O–H groups in total. The van der Waals surface area contributed by atoms with Gasteiger partial charge in [0.1, 0.15) is 0 Å². The number of amides is 4. The summed E-state index contributed by atoms with van der Waals surface area (Å²) in [5.74, 6) is -2.81. The molecule has 1 aromatic rings. The average Bonchev–Trinajstić information content (AvgIpc) is 2.93. The summed E-state index contributed by atoms with van der Waals surface area (Å²) in [6.07, 6.45) is 5.37. The van der Waals surface area contributed by atoms with E-state index >= 15 is 0 Å². The van der Waals surface area contributed by atoms with Gasteiger partial charge in [-0.05, 0) is 0 Å². The molecule has 98 valence electrons. The molecular formula is C11H5N5O4.